The van der Waals surface area contributed by atoms with E-state index in [1.807, 2.05) is 49.5 Å². The van der Waals surface area contributed by atoms with Gasteiger partial charge in [-0.3, -0.25) is 9.78 Å². The predicted octanol–water partition coefficient (Wildman–Crippen LogP) is 3.37. The number of carbonyl (C=O) groups excluding carboxylic acids is 1. The lowest BCUT2D eigenvalue weighted by atomic mass is 10.1. The molecule has 27 heavy (non-hydrogen) atoms. The molecular weight excluding hydrogens is 344 g/mol. The highest BCUT2D eigenvalue weighted by atomic mass is 16.5. The van der Waals surface area contributed by atoms with Crippen LogP contribution in [0.3, 0.4) is 0 Å². The van der Waals surface area contributed by atoms with Crippen LogP contribution in [0.25, 0.3) is 10.9 Å². The Bertz CT molecular complexity index is 1070. The number of pyridine rings is 1. The SMILES string of the molecule is Cc1ccc(OCc2cc(C(=O)NCc3cccc4[nH]ccc34)no2)cn1. The quantitative estimate of drug-likeness (QED) is 0.548. The summed E-state index contributed by atoms with van der Waals surface area (Å²) in [6.45, 7) is 2.48. The third kappa shape index (κ3) is 3.82. The van der Waals surface area contributed by atoms with Gasteiger partial charge in [-0.15, -0.1) is 0 Å². The first-order valence-electron chi connectivity index (χ1n) is 8.53. The van der Waals surface area contributed by atoms with Crippen LogP contribution in [0.4, 0.5) is 0 Å². The van der Waals surface area contributed by atoms with Crippen molar-refractivity contribution in [2.45, 2.75) is 20.1 Å². The van der Waals surface area contributed by atoms with Gasteiger partial charge in [0.15, 0.2) is 11.5 Å². The molecule has 136 valence electrons. The van der Waals surface area contributed by atoms with Crippen molar-refractivity contribution in [1.82, 2.24) is 20.4 Å². The summed E-state index contributed by atoms with van der Waals surface area (Å²) >= 11 is 0. The molecule has 1 aromatic carbocycles. The van der Waals surface area contributed by atoms with E-state index in [9.17, 15) is 4.79 Å². The Labute approximate surface area is 155 Å². The molecule has 0 bridgehead atoms. The molecule has 2 N–H and O–H groups in total. The Morgan fingerprint density at radius 1 is 1.26 bits per heavy atom. The normalized spacial score (nSPS) is 10.9. The number of aromatic amines is 1. The lowest BCUT2D eigenvalue weighted by molar-refractivity contribution is 0.0941. The highest BCUT2D eigenvalue weighted by molar-refractivity contribution is 5.92. The Morgan fingerprint density at radius 2 is 2.19 bits per heavy atom. The van der Waals surface area contributed by atoms with Crippen LogP contribution in [0.15, 0.2) is 59.4 Å². The maximum atomic E-state index is 12.3. The number of aryl methyl sites for hydroxylation is 1. The van der Waals surface area contributed by atoms with Gasteiger partial charge in [0.1, 0.15) is 12.4 Å². The van der Waals surface area contributed by atoms with Gasteiger partial charge in [-0.05, 0) is 36.8 Å². The van der Waals surface area contributed by atoms with E-state index >= 15 is 0 Å². The number of amides is 1. The van der Waals surface area contributed by atoms with Gasteiger partial charge in [0.25, 0.3) is 5.91 Å². The molecule has 1 amide bonds. The first kappa shape index (κ1) is 16.8. The zero-order chi connectivity index (χ0) is 18.6. The Hall–Kier alpha value is -3.61. The average molecular weight is 362 g/mol. The van der Waals surface area contributed by atoms with Gasteiger partial charge in [0.2, 0.25) is 0 Å². The number of hydrogen-bond donors (Lipinski definition) is 2. The summed E-state index contributed by atoms with van der Waals surface area (Å²) in [6, 6.07) is 13.2. The molecule has 4 aromatic rings. The Morgan fingerprint density at radius 3 is 3.04 bits per heavy atom. The third-order valence-corrected chi connectivity index (χ3v) is 4.18. The molecule has 0 spiro atoms. The molecule has 3 aromatic heterocycles. The molecule has 0 radical (unpaired) electrons. The minimum Gasteiger partial charge on any atom is -0.484 e. The Balaban J connectivity index is 1.35. The molecule has 0 unspecified atom stereocenters. The molecular formula is C20H18N4O3. The number of rotatable bonds is 6. The maximum Gasteiger partial charge on any atom is 0.273 e. The van der Waals surface area contributed by atoms with Crippen molar-refractivity contribution in [1.29, 1.82) is 0 Å². The zero-order valence-corrected chi connectivity index (χ0v) is 14.7. The van der Waals surface area contributed by atoms with Gasteiger partial charge in [0.05, 0.1) is 6.20 Å². The molecule has 0 fully saturated rings. The number of hydrogen-bond acceptors (Lipinski definition) is 5. The summed E-state index contributed by atoms with van der Waals surface area (Å²) in [7, 11) is 0. The van der Waals surface area contributed by atoms with E-state index in [2.05, 4.69) is 20.4 Å². The summed E-state index contributed by atoms with van der Waals surface area (Å²) < 4.78 is 10.8. The zero-order valence-electron chi connectivity index (χ0n) is 14.7. The van der Waals surface area contributed by atoms with Crippen LogP contribution in [0, 0.1) is 6.92 Å². The largest absolute Gasteiger partial charge is 0.484 e. The summed E-state index contributed by atoms with van der Waals surface area (Å²) in [6.07, 6.45) is 3.52. The van der Waals surface area contributed by atoms with Gasteiger partial charge >= 0.3 is 0 Å². The number of benzene rings is 1. The maximum absolute atomic E-state index is 12.3. The van der Waals surface area contributed by atoms with E-state index in [1.54, 1.807) is 12.3 Å². The van der Waals surface area contributed by atoms with Crippen molar-refractivity contribution >= 4 is 16.8 Å². The number of carbonyl (C=O) groups is 1. The molecule has 3 heterocycles. The number of nitrogens with zero attached hydrogens (tertiary/aromatic N) is 2. The molecule has 0 aliphatic carbocycles. The van der Waals surface area contributed by atoms with E-state index in [0.29, 0.717) is 18.1 Å². The van der Waals surface area contributed by atoms with Crippen LogP contribution in [0.1, 0.15) is 27.5 Å². The molecule has 0 saturated carbocycles. The third-order valence-electron chi connectivity index (χ3n) is 4.18. The second-order valence-corrected chi connectivity index (χ2v) is 6.14. The van der Waals surface area contributed by atoms with Crippen LogP contribution < -0.4 is 10.1 Å². The highest BCUT2D eigenvalue weighted by Crippen LogP contribution is 2.17. The number of ether oxygens (including phenoxy) is 1. The number of nitrogens with one attached hydrogen (secondary N) is 2. The van der Waals surface area contributed by atoms with E-state index in [1.165, 1.54) is 0 Å². The van der Waals surface area contributed by atoms with E-state index in [-0.39, 0.29) is 18.2 Å². The lowest BCUT2D eigenvalue weighted by Crippen LogP contribution is -2.23. The smallest absolute Gasteiger partial charge is 0.273 e. The number of fused-ring (bicyclic) bond motifs is 1. The predicted molar refractivity (Wildman–Crippen MR) is 99.3 cm³/mol. The lowest BCUT2D eigenvalue weighted by Gasteiger charge is -2.04. The fourth-order valence-electron chi connectivity index (χ4n) is 2.75. The fourth-order valence-corrected chi connectivity index (χ4v) is 2.75. The second kappa shape index (κ2) is 7.33. The fraction of sp³-hybridized carbons (Fsp3) is 0.150. The summed E-state index contributed by atoms with van der Waals surface area (Å²) in [5, 5.41) is 7.76. The van der Waals surface area contributed by atoms with E-state index in [4.69, 9.17) is 9.26 Å². The van der Waals surface area contributed by atoms with Gasteiger partial charge in [0, 0.05) is 35.4 Å². The first-order chi connectivity index (χ1) is 13.2. The summed E-state index contributed by atoms with van der Waals surface area (Å²) in [5.41, 5.74) is 3.20. The van der Waals surface area contributed by atoms with Crippen LogP contribution >= 0.6 is 0 Å². The Kier molecular flexibility index (Phi) is 4.57. The molecule has 7 heteroatoms. The van der Waals surface area contributed by atoms with E-state index < -0.39 is 0 Å². The van der Waals surface area contributed by atoms with Gasteiger partial charge in [-0.25, -0.2) is 0 Å². The molecule has 0 aliphatic heterocycles. The van der Waals surface area contributed by atoms with Crippen molar-refractivity contribution in [3.05, 3.63) is 77.6 Å². The molecule has 4 rings (SSSR count). The van der Waals surface area contributed by atoms with Gasteiger partial charge < -0.3 is 19.6 Å². The summed E-state index contributed by atoms with van der Waals surface area (Å²) in [5.74, 6) is 0.797. The minimum absolute atomic E-state index is 0.174. The topological polar surface area (TPSA) is 93.0 Å². The first-order valence-corrected chi connectivity index (χ1v) is 8.53. The molecule has 0 saturated heterocycles. The highest BCUT2D eigenvalue weighted by Gasteiger charge is 2.13. The monoisotopic (exact) mass is 362 g/mol. The van der Waals surface area contributed by atoms with Crippen LogP contribution in [-0.4, -0.2) is 21.0 Å². The standard InChI is InChI=1S/C20H18N4O3/c1-13-5-6-15(11-22-13)26-12-16-9-19(24-27-16)20(25)23-10-14-3-2-4-18-17(14)7-8-21-18/h2-9,11,21H,10,12H2,1H3,(H,23,25). The van der Waals surface area contributed by atoms with Crippen molar-refractivity contribution in [3.8, 4) is 5.75 Å². The van der Waals surface area contributed by atoms with Gasteiger partial charge in [-0.2, -0.15) is 0 Å². The van der Waals surface area contributed by atoms with Crippen LogP contribution in [-0.2, 0) is 13.2 Å². The number of aromatic nitrogens is 3. The van der Waals surface area contributed by atoms with Crippen molar-refractivity contribution in [2.24, 2.45) is 0 Å². The molecule has 0 aliphatic rings. The van der Waals surface area contributed by atoms with Crippen molar-refractivity contribution < 1.29 is 14.1 Å². The second-order valence-electron chi connectivity index (χ2n) is 6.14. The van der Waals surface area contributed by atoms with E-state index in [0.717, 1.165) is 22.2 Å². The molecule has 0 atom stereocenters. The summed E-state index contributed by atoms with van der Waals surface area (Å²) in [4.78, 5) is 19.6. The molecule has 7 nitrogen and oxygen atoms in total. The van der Waals surface area contributed by atoms with Gasteiger partial charge in [-0.1, -0.05) is 17.3 Å². The minimum atomic E-state index is -0.297. The van der Waals surface area contributed by atoms with Crippen molar-refractivity contribution in [2.75, 3.05) is 0 Å². The van der Waals surface area contributed by atoms with Crippen LogP contribution in [0.2, 0.25) is 0 Å². The van der Waals surface area contributed by atoms with Crippen molar-refractivity contribution in [3.63, 3.8) is 0 Å². The van der Waals surface area contributed by atoms with Crippen LogP contribution in [0.5, 0.6) is 5.75 Å². The average Bonchev–Trinajstić information content (AvgIpc) is 3.35. The number of H-pyrrole nitrogens is 1.